The highest BCUT2D eigenvalue weighted by Crippen LogP contribution is 2.26. The fourth-order valence-corrected chi connectivity index (χ4v) is 3.21. The zero-order valence-corrected chi connectivity index (χ0v) is 17.4. The smallest absolute Gasteiger partial charge is 0.228 e. The normalized spacial score (nSPS) is 10.4. The summed E-state index contributed by atoms with van der Waals surface area (Å²) in [5.74, 6) is 0.412. The van der Waals surface area contributed by atoms with Gasteiger partial charge in [0, 0.05) is 16.9 Å². The summed E-state index contributed by atoms with van der Waals surface area (Å²) in [6, 6.07) is 14.0. The minimum Gasteiger partial charge on any atom is -0.479 e. The summed E-state index contributed by atoms with van der Waals surface area (Å²) in [5.41, 5.74) is 3.90. The number of rotatable bonds is 6. The van der Waals surface area contributed by atoms with Crippen LogP contribution in [0.15, 0.2) is 42.5 Å². The molecule has 6 nitrogen and oxygen atoms in total. The van der Waals surface area contributed by atoms with E-state index in [0.29, 0.717) is 21.5 Å². The Kier molecular flexibility index (Phi) is 6.42. The van der Waals surface area contributed by atoms with Crippen molar-refractivity contribution in [1.82, 2.24) is 9.78 Å². The molecule has 1 amide bonds. The summed E-state index contributed by atoms with van der Waals surface area (Å²) in [6.45, 7) is 3.75. The van der Waals surface area contributed by atoms with Crippen LogP contribution in [0.5, 0.6) is 5.75 Å². The molecule has 148 valence electrons. The molecule has 0 atom stereocenters. The first-order valence-corrected chi connectivity index (χ1v) is 9.55. The number of nitrogens with zero attached hydrogens (tertiary/aromatic N) is 3. The molecule has 0 saturated carbocycles. The number of hydrogen-bond acceptors (Lipinski definition) is 4. The van der Waals surface area contributed by atoms with Crippen LogP contribution in [0.3, 0.4) is 0 Å². The number of benzene rings is 2. The van der Waals surface area contributed by atoms with Crippen molar-refractivity contribution >= 4 is 34.8 Å². The van der Waals surface area contributed by atoms with Crippen molar-refractivity contribution in [3.05, 3.63) is 69.5 Å². The first-order chi connectivity index (χ1) is 13.9. The summed E-state index contributed by atoms with van der Waals surface area (Å²) in [4.78, 5) is 12.5. The van der Waals surface area contributed by atoms with E-state index in [-0.39, 0.29) is 18.9 Å². The standard InChI is InChI=1S/C21H18Cl2N4O2/c1-13-18(14(2)27(26-13)16-5-8-19(22)20(23)11-16)12-21(28)25-15-3-6-17(7-4-15)29-10-9-24/h3-8,11H,10,12H2,1-2H3,(H,25,28). The highest BCUT2D eigenvalue weighted by atomic mass is 35.5. The Balaban J connectivity index is 1.73. The number of amides is 1. The highest BCUT2D eigenvalue weighted by Gasteiger charge is 2.16. The zero-order chi connectivity index (χ0) is 21.0. The zero-order valence-electron chi connectivity index (χ0n) is 15.9. The van der Waals surface area contributed by atoms with Crippen LogP contribution < -0.4 is 10.1 Å². The third-order valence-electron chi connectivity index (χ3n) is 4.37. The van der Waals surface area contributed by atoms with E-state index in [1.54, 1.807) is 41.1 Å². The van der Waals surface area contributed by atoms with Crippen LogP contribution in [0.25, 0.3) is 5.69 Å². The van der Waals surface area contributed by atoms with Crippen molar-refractivity contribution in [2.24, 2.45) is 0 Å². The molecule has 0 unspecified atom stereocenters. The molecule has 0 bridgehead atoms. The van der Waals surface area contributed by atoms with Gasteiger partial charge in [-0.2, -0.15) is 10.4 Å². The van der Waals surface area contributed by atoms with Crippen molar-refractivity contribution in [3.63, 3.8) is 0 Å². The number of anilines is 1. The van der Waals surface area contributed by atoms with E-state index in [1.807, 2.05) is 26.0 Å². The molecular weight excluding hydrogens is 411 g/mol. The van der Waals surface area contributed by atoms with Gasteiger partial charge in [-0.25, -0.2) is 4.68 Å². The van der Waals surface area contributed by atoms with Gasteiger partial charge >= 0.3 is 0 Å². The Morgan fingerprint density at radius 3 is 2.55 bits per heavy atom. The van der Waals surface area contributed by atoms with Gasteiger partial charge in [0.1, 0.15) is 11.8 Å². The molecule has 0 aliphatic carbocycles. The lowest BCUT2D eigenvalue weighted by molar-refractivity contribution is -0.115. The Morgan fingerprint density at radius 2 is 1.90 bits per heavy atom. The first-order valence-electron chi connectivity index (χ1n) is 8.79. The van der Waals surface area contributed by atoms with Crippen molar-refractivity contribution in [1.29, 1.82) is 5.26 Å². The molecule has 0 spiro atoms. The van der Waals surface area contributed by atoms with Gasteiger partial charge in [-0.3, -0.25) is 4.79 Å². The molecule has 29 heavy (non-hydrogen) atoms. The number of aromatic nitrogens is 2. The largest absolute Gasteiger partial charge is 0.479 e. The molecule has 0 aliphatic heterocycles. The molecule has 1 aromatic heterocycles. The number of carbonyl (C=O) groups excluding carboxylic acids is 1. The van der Waals surface area contributed by atoms with E-state index < -0.39 is 0 Å². The van der Waals surface area contributed by atoms with Gasteiger partial charge in [-0.05, 0) is 56.3 Å². The molecule has 0 fully saturated rings. The maximum absolute atomic E-state index is 12.5. The van der Waals surface area contributed by atoms with Gasteiger partial charge in [0.25, 0.3) is 0 Å². The van der Waals surface area contributed by atoms with E-state index in [1.165, 1.54) is 0 Å². The second-order valence-corrected chi connectivity index (χ2v) is 7.17. The van der Waals surface area contributed by atoms with E-state index in [4.69, 9.17) is 33.2 Å². The van der Waals surface area contributed by atoms with Crippen LogP contribution in [0.1, 0.15) is 17.0 Å². The average molecular weight is 429 g/mol. The van der Waals surface area contributed by atoms with Crippen LogP contribution >= 0.6 is 23.2 Å². The summed E-state index contributed by atoms with van der Waals surface area (Å²) < 4.78 is 6.95. The van der Waals surface area contributed by atoms with E-state index in [9.17, 15) is 4.79 Å². The summed E-state index contributed by atoms with van der Waals surface area (Å²) in [7, 11) is 0. The third kappa shape index (κ3) is 4.89. The molecule has 8 heteroatoms. The minimum absolute atomic E-state index is 0.0208. The highest BCUT2D eigenvalue weighted by molar-refractivity contribution is 6.42. The molecule has 3 rings (SSSR count). The number of aryl methyl sites for hydroxylation is 1. The van der Waals surface area contributed by atoms with Gasteiger partial charge < -0.3 is 10.1 Å². The predicted molar refractivity (Wildman–Crippen MR) is 113 cm³/mol. The van der Waals surface area contributed by atoms with Crippen molar-refractivity contribution in [3.8, 4) is 17.5 Å². The molecule has 2 aromatic carbocycles. The first kappa shape index (κ1) is 20.7. The maximum atomic E-state index is 12.5. The molecule has 0 aliphatic rings. The third-order valence-corrected chi connectivity index (χ3v) is 5.11. The van der Waals surface area contributed by atoms with E-state index in [2.05, 4.69) is 10.4 Å². The fourth-order valence-electron chi connectivity index (χ4n) is 2.91. The van der Waals surface area contributed by atoms with Crippen LogP contribution in [0, 0.1) is 25.2 Å². The Hall–Kier alpha value is -3.01. The Morgan fingerprint density at radius 1 is 1.17 bits per heavy atom. The lowest BCUT2D eigenvalue weighted by Crippen LogP contribution is -2.15. The predicted octanol–water partition coefficient (Wildman–Crippen LogP) is 4.88. The van der Waals surface area contributed by atoms with Crippen LogP contribution in [0.2, 0.25) is 10.0 Å². The Labute approximate surface area is 178 Å². The molecule has 0 saturated heterocycles. The van der Waals surface area contributed by atoms with Crippen LogP contribution in [-0.2, 0) is 11.2 Å². The molecule has 1 heterocycles. The van der Waals surface area contributed by atoms with Crippen molar-refractivity contribution in [2.45, 2.75) is 20.3 Å². The number of halogens is 2. The van der Waals surface area contributed by atoms with Crippen LogP contribution in [-0.4, -0.2) is 22.3 Å². The second-order valence-electron chi connectivity index (χ2n) is 6.36. The maximum Gasteiger partial charge on any atom is 0.228 e. The van der Waals surface area contributed by atoms with E-state index >= 15 is 0 Å². The summed E-state index contributed by atoms with van der Waals surface area (Å²) in [6.07, 6.45) is 0.186. The molecule has 0 radical (unpaired) electrons. The van der Waals surface area contributed by atoms with Gasteiger partial charge in [0.2, 0.25) is 5.91 Å². The number of nitrogens with one attached hydrogen (secondary N) is 1. The molecule has 1 N–H and O–H groups in total. The topological polar surface area (TPSA) is 79.9 Å². The molecule has 3 aromatic rings. The number of carbonyl (C=O) groups is 1. The molecular formula is C21H18Cl2N4O2. The van der Waals surface area contributed by atoms with Crippen molar-refractivity contribution < 1.29 is 9.53 Å². The van der Waals surface area contributed by atoms with Crippen molar-refractivity contribution in [2.75, 3.05) is 11.9 Å². The van der Waals surface area contributed by atoms with Gasteiger partial charge in [0.15, 0.2) is 6.61 Å². The Bertz CT molecular complexity index is 1090. The average Bonchev–Trinajstić information content (AvgIpc) is 2.98. The number of ether oxygens (including phenoxy) is 1. The number of nitriles is 1. The van der Waals surface area contributed by atoms with Gasteiger partial charge in [-0.15, -0.1) is 0 Å². The number of hydrogen-bond donors (Lipinski definition) is 1. The minimum atomic E-state index is -0.157. The van der Waals surface area contributed by atoms with Gasteiger partial charge in [0.05, 0.1) is 27.8 Å². The monoisotopic (exact) mass is 428 g/mol. The summed E-state index contributed by atoms with van der Waals surface area (Å²) >= 11 is 12.1. The quantitative estimate of drug-likeness (QED) is 0.606. The van der Waals surface area contributed by atoms with E-state index in [0.717, 1.165) is 22.6 Å². The fraction of sp³-hybridized carbons (Fsp3) is 0.190. The van der Waals surface area contributed by atoms with Crippen LogP contribution in [0.4, 0.5) is 5.69 Å². The SMILES string of the molecule is Cc1nn(-c2ccc(Cl)c(Cl)c2)c(C)c1CC(=O)Nc1ccc(OCC#N)cc1. The van der Waals surface area contributed by atoms with Gasteiger partial charge in [-0.1, -0.05) is 23.2 Å². The lowest BCUT2D eigenvalue weighted by atomic mass is 10.1. The summed E-state index contributed by atoms with van der Waals surface area (Å²) in [5, 5.41) is 16.9. The lowest BCUT2D eigenvalue weighted by Gasteiger charge is -2.08. The second kappa shape index (κ2) is 8.99.